The first-order valence-corrected chi connectivity index (χ1v) is 12.3. The number of aromatic amines is 1. The number of rotatable bonds is 7. The lowest BCUT2D eigenvalue weighted by molar-refractivity contribution is 0.0706. The lowest BCUT2D eigenvalue weighted by atomic mass is 9.93. The largest absolute Gasteiger partial charge is 0.488 e. The van der Waals surface area contributed by atoms with E-state index >= 15 is 13.2 Å². The highest BCUT2D eigenvalue weighted by molar-refractivity contribution is 5.98. The van der Waals surface area contributed by atoms with Crippen molar-refractivity contribution >= 4 is 22.7 Å². The first-order valence-electron chi connectivity index (χ1n) is 12.3. The second-order valence-corrected chi connectivity index (χ2v) is 9.89. The van der Waals surface area contributed by atoms with Crippen LogP contribution in [-0.4, -0.2) is 47.0 Å². The lowest BCUT2D eigenvalue weighted by Gasteiger charge is -2.30. The Morgan fingerprint density at radius 1 is 1.13 bits per heavy atom. The molecule has 1 unspecified atom stereocenters. The maximum atomic E-state index is 15.4. The molecule has 2 aromatic heterocycles. The molecule has 8 nitrogen and oxygen atoms in total. The van der Waals surface area contributed by atoms with Crippen molar-refractivity contribution in [3.63, 3.8) is 0 Å². The quantitative estimate of drug-likeness (QED) is 0.265. The predicted octanol–water partition coefficient (Wildman–Crippen LogP) is 6.02. The van der Waals surface area contributed by atoms with Crippen molar-refractivity contribution in [2.75, 3.05) is 25.1 Å². The van der Waals surface area contributed by atoms with Crippen LogP contribution in [0.3, 0.4) is 0 Å². The second-order valence-electron chi connectivity index (χ2n) is 9.89. The maximum absolute atomic E-state index is 15.4. The van der Waals surface area contributed by atoms with E-state index in [1.807, 2.05) is 6.92 Å². The van der Waals surface area contributed by atoms with Gasteiger partial charge in [-0.15, -0.1) is 0 Å². The van der Waals surface area contributed by atoms with Gasteiger partial charge in [0, 0.05) is 46.8 Å². The van der Waals surface area contributed by atoms with Crippen molar-refractivity contribution in [3.8, 4) is 28.4 Å². The molecule has 0 radical (unpaired) electrons. The SMILES string of the molecule is CC(C)Oc1cccc(-c2c[nH]c3nccc(Oc4c(F)cc(NC5=NCC(C)(CO)CO5)cc4F)c23)c1F. The highest BCUT2D eigenvalue weighted by Crippen LogP contribution is 2.40. The lowest BCUT2D eigenvalue weighted by Crippen LogP contribution is -2.38. The number of nitrogens with one attached hydrogen (secondary N) is 2. The Labute approximate surface area is 222 Å². The molecule has 3 N–H and O–H groups in total. The number of aliphatic hydroxyl groups is 1. The van der Waals surface area contributed by atoms with Crippen LogP contribution >= 0.6 is 0 Å². The monoisotopic (exact) mass is 540 g/mol. The number of fused-ring (bicyclic) bond motifs is 1. The van der Waals surface area contributed by atoms with Crippen molar-refractivity contribution in [3.05, 3.63) is 66.2 Å². The van der Waals surface area contributed by atoms with E-state index < -0.39 is 28.6 Å². The molecule has 2 aromatic carbocycles. The number of aliphatic imine (C=N–C) groups is 1. The molecule has 1 aliphatic heterocycles. The molecular weight excluding hydrogens is 513 g/mol. The number of hydrogen-bond acceptors (Lipinski definition) is 7. The van der Waals surface area contributed by atoms with Crippen LogP contribution in [-0.2, 0) is 4.74 Å². The van der Waals surface area contributed by atoms with Gasteiger partial charge in [0.15, 0.2) is 29.0 Å². The van der Waals surface area contributed by atoms with Crippen LogP contribution in [0.5, 0.6) is 17.2 Å². The maximum Gasteiger partial charge on any atom is 0.289 e. The van der Waals surface area contributed by atoms with E-state index in [9.17, 15) is 5.11 Å². The Kier molecular flexibility index (Phi) is 7.09. The number of anilines is 1. The van der Waals surface area contributed by atoms with Crippen molar-refractivity contribution in [1.29, 1.82) is 0 Å². The van der Waals surface area contributed by atoms with Gasteiger partial charge >= 0.3 is 0 Å². The molecule has 5 rings (SSSR count). The third kappa shape index (κ3) is 5.35. The van der Waals surface area contributed by atoms with Crippen LogP contribution in [0.15, 0.2) is 53.8 Å². The minimum absolute atomic E-state index is 0.0648. The number of amidine groups is 1. The zero-order valence-corrected chi connectivity index (χ0v) is 21.5. The summed E-state index contributed by atoms with van der Waals surface area (Å²) in [7, 11) is 0. The molecule has 204 valence electrons. The smallest absolute Gasteiger partial charge is 0.289 e. The molecule has 0 saturated heterocycles. The van der Waals surface area contributed by atoms with Crippen LogP contribution in [0.1, 0.15) is 20.8 Å². The van der Waals surface area contributed by atoms with E-state index in [-0.39, 0.29) is 48.1 Å². The Hall–Kier alpha value is -4.25. The van der Waals surface area contributed by atoms with Gasteiger partial charge in [-0.2, -0.15) is 0 Å². The first-order chi connectivity index (χ1) is 18.7. The van der Waals surface area contributed by atoms with Crippen LogP contribution in [0, 0.1) is 22.9 Å². The summed E-state index contributed by atoms with van der Waals surface area (Å²) in [5.41, 5.74) is 0.496. The molecule has 4 aromatic rings. The summed E-state index contributed by atoms with van der Waals surface area (Å²) in [6.45, 7) is 5.79. The molecule has 1 aliphatic rings. The molecule has 1 atom stereocenters. The van der Waals surface area contributed by atoms with E-state index in [2.05, 4.69) is 20.3 Å². The van der Waals surface area contributed by atoms with E-state index in [4.69, 9.17) is 14.2 Å². The molecule has 0 spiro atoms. The van der Waals surface area contributed by atoms with Gasteiger partial charge in [0.05, 0.1) is 24.6 Å². The van der Waals surface area contributed by atoms with Gasteiger partial charge < -0.3 is 29.6 Å². The van der Waals surface area contributed by atoms with Gasteiger partial charge in [0.2, 0.25) is 0 Å². The summed E-state index contributed by atoms with van der Waals surface area (Å²) in [5, 5.41) is 12.5. The number of halogens is 3. The molecule has 0 bridgehead atoms. The summed E-state index contributed by atoms with van der Waals surface area (Å²) >= 11 is 0. The molecule has 0 aliphatic carbocycles. The fraction of sp³-hybridized carbons (Fsp3) is 0.286. The highest BCUT2D eigenvalue weighted by Gasteiger charge is 2.29. The summed E-state index contributed by atoms with van der Waals surface area (Å²) in [6, 6.07) is 8.38. The van der Waals surface area contributed by atoms with Crippen molar-refractivity contribution in [1.82, 2.24) is 9.97 Å². The standard InChI is InChI=1S/C28H27F3N4O4/c1-15(2)38-22-6-4-5-17(24(22)31)18-11-33-26-23(18)21(7-8-32-26)39-25-19(29)9-16(10-20(25)30)35-27-34-12-28(3,13-36)14-37-27/h4-11,15,36H,12-14H2,1-3H3,(H,32,33)(H,34,35). The average molecular weight is 541 g/mol. The number of aliphatic hydroxyl groups excluding tert-OH is 1. The number of ether oxygens (including phenoxy) is 3. The zero-order valence-electron chi connectivity index (χ0n) is 21.5. The van der Waals surface area contributed by atoms with E-state index in [1.165, 1.54) is 18.3 Å². The molecule has 0 saturated carbocycles. The Morgan fingerprint density at radius 3 is 2.56 bits per heavy atom. The van der Waals surface area contributed by atoms with Gasteiger partial charge in [-0.25, -0.2) is 23.1 Å². The third-order valence-electron chi connectivity index (χ3n) is 6.16. The molecule has 11 heteroatoms. The van der Waals surface area contributed by atoms with E-state index in [0.29, 0.717) is 23.1 Å². The minimum Gasteiger partial charge on any atom is -0.488 e. The number of hydrogen-bond donors (Lipinski definition) is 3. The Morgan fingerprint density at radius 2 is 1.90 bits per heavy atom. The number of nitrogens with zero attached hydrogens (tertiary/aromatic N) is 2. The summed E-state index contributed by atoms with van der Waals surface area (Å²) in [4.78, 5) is 11.4. The fourth-order valence-electron chi connectivity index (χ4n) is 4.12. The molecule has 0 amide bonds. The molecule has 0 fully saturated rings. The highest BCUT2D eigenvalue weighted by atomic mass is 19.1. The van der Waals surface area contributed by atoms with Crippen LogP contribution in [0.25, 0.3) is 22.2 Å². The van der Waals surface area contributed by atoms with Crippen LogP contribution < -0.4 is 14.8 Å². The summed E-state index contributed by atoms with van der Waals surface area (Å²) in [5.74, 6) is -3.02. The Balaban J connectivity index is 1.46. The summed E-state index contributed by atoms with van der Waals surface area (Å²) < 4.78 is 62.3. The number of benzene rings is 2. The normalized spacial score (nSPS) is 17.2. The van der Waals surface area contributed by atoms with Crippen molar-refractivity contribution < 1.29 is 32.5 Å². The number of pyridine rings is 1. The second kappa shape index (κ2) is 10.5. The van der Waals surface area contributed by atoms with E-state index in [1.54, 1.807) is 32.2 Å². The number of H-pyrrole nitrogens is 1. The molecular formula is C28H27F3N4O4. The first kappa shape index (κ1) is 26.4. The molecule has 39 heavy (non-hydrogen) atoms. The predicted molar refractivity (Wildman–Crippen MR) is 141 cm³/mol. The molecule has 3 heterocycles. The van der Waals surface area contributed by atoms with Crippen molar-refractivity contribution in [2.24, 2.45) is 10.4 Å². The number of aromatic nitrogens is 2. The Bertz CT molecular complexity index is 1530. The van der Waals surface area contributed by atoms with Gasteiger partial charge in [-0.05, 0) is 26.0 Å². The van der Waals surface area contributed by atoms with Gasteiger partial charge in [0.1, 0.15) is 18.0 Å². The zero-order chi connectivity index (χ0) is 27.7. The van der Waals surface area contributed by atoms with Crippen molar-refractivity contribution in [2.45, 2.75) is 26.9 Å². The van der Waals surface area contributed by atoms with Gasteiger partial charge in [-0.1, -0.05) is 19.1 Å². The van der Waals surface area contributed by atoms with Gasteiger partial charge in [-0.3, -0.25) is 0 Å². The third-order valence-corrected chi connectivity index (χ3v) is 6.16. The summed E-state index contributed by atoms with van der Waals surface area (Å²) in [6.07, 6.45) is 2.73. The van der Waals surface area contributed by atoms with Crippen LogP contribution in [0.2, 0.25) is 0 Å². The minimum atomic E-state index is -0.977. The average Bonchev–Trinajstić information content (AvgIpc) is 3.33. The van der Waals surface area contributed by atoms with E-state index in [0.717, 1.165) is 12.1 Å². The fourth-order valence-corrected chi connectivity index (χ4v) is 4.12. The topological polar surface area (TPSA) is 101 Å². The van der Waals surface area contributed by atoms with Gasteiger partial charge in [0.25, 0.3) is 6.02 Å². The van der Waals surface area contributed by atoms with Crippen LogP contribution in [0.4, 0.5) is 18.9 Å².